The Labute approximate surface area is 137 Å². The van der Waals surface area contributed by atoms with E-state index in [4.69, 9.17) is 9.47 Å². The van der Waals surface area contributed by atoms with Gasteiger partial charge in [0.2, 0.25) is 0 Å². The van der Waals surface area contributed by atoms with Crippen molar-refractivity contribution in [2.75, 3.05) is 21.3 Å². The van der Waals surface area contributed by atoms with E-state index in [0.29, 0.717) is 18.0 Å². The zero-order chi connectivity index (χ0) is 17.0. The van der Waals surface area contributed by atoms with Crippen molar-refractivity contribution in [3.05, 3.63) is 58.7 Å². The van der Waals surface area contributed by atoms with Crippen LogP contribution >= 0.6 is 0 Å². The Morgan fingerprint density at radius 1 is 1.09 bits per heavy atom. The van der Waals surface area contributed by atoms with E-state index >= 15 is 0 Å². The molecule has 0 N–H and O–H groups in total. The van der Waals surface area contributed by atoms with Crippen LogP contribution in [0.4, 0.5) is 0 Å². The molecule has 0 saturated carbocycles. The monoisotopic (exact) mass is 313 g/mol. The minimum absolute atomic E-state index is 0.00706. The van der Waals surface area contributed by atoms with Crippen LogP contribution in [0.3, 0.4) is 0 Å². The van der Waals surface area contributed by atoms with E-state index in [1.807, 2.05) is 50.2 Å². The third-order valence-corrected chi connectivity index (χ3v) is 3.85. The van der Waals surface area contributed by atoms with Gasteiger partial charge in [0.1, 0.15) is 0 Å². The maximum Gasteiger partial charge on any atom is 0.254 e. The molecule has 0 heterocycles. The van der Waals surface area contributed by atoms with Gasteiger partial charge < -0.3 is 14.4 Å². The van der Waals surface area contributed by atoms with Crippen LogP contribution in [0.5, 0.6) is 11.5 Å². The second-order valence-corrected chi connectivity index (χ2v) is 5.63. The molecule has 0 radical (unpaired) electrons. The standard InChI is InChI=1S/C19H23NO3/c1-13-9-10-16(14(2)11-13)19(21)20(3)12-15-7-6-8-17(22-4)18(15)23-5/h6-11H,12H2,1-5H3. The fourth-order valence-corrected chi connectivity index (χ4v) is 2.66. The van der Waals surface area contributed by atoms with Crippen LogP contribution in [0.25, 0.3) is 0 Å². The minimum atomic E-state index is -0.00706. The minimum Gasteiger partial charge on any atom is -0.493 e. The molecule has 4 nitrogen and oxygen atoms in total. The zero-order valence-corrected chi connectivity index (χ0v) is 14.3. The largest absolute Gasteiger partial charge is 0.493 e. The molecule has 0 unspecified atom stereocenters. The van der Waals surface area contributed by atoms with Crippen LogP contribution in [0.15, 0.2) is 36.4 Å². The second-order valence-electron chi connectivity index (χ2n) is 5.63. The van der Waals surface area contributed by atoms with Gasteiger partial charge in [-0.05, 0) is 31.5 Å². The number of ether oxygens (including phenoxy) is 2. The smallest absolute Gasteiger partial charge is 0.254 e. The molecule has 0 aromatic heterocycles. The van der Waals surface area contributed by atoms with Crippen LogP contribution in [-0.2, 0) is 6.54 Å². The maximum atomic E-state index is 12.7. The summed E-state index contributed by atoms with van der Waals surface area (Å²) in [6.07, 6.45) is 0. The van der Waals surface area contributed by atoms with Crippen LogP contribution in [0.2, 0.25) is 0 Å². The quantitative estimate of drug-likeness (QED) is 0.846. The number of rotatable bonds is 5. The molecule has 4 heteroatoms. The second kappa shape index (κ2) is 7.18. The van der Waals surface area contributed by atoms with Crippen LogP contribution < -0.4 is 9.47 Å². The van der Waals surface area contributed by atoms with E-state index in [9.17, 15) is 4.79 Å². The first-order chi connectivity index (χ1) is 11.0. The molecule has 0 saturated heterocycles. The van der Waals surface area contributed by atoms with E-state index < -0.39 is 0 Å². The number of nitrogens with zero attached hydrogens (tertiary/aromatic N) is 1. The third-order valence-electron chi connectivity index (χ3n) is 3.85. The lowest BCUT2D eigenvalue weighted by atomic mass is 10.0. The first-order valence-electron chi connectivity index (χ1n) is 7.50. The molecule has 1 amide bonds. The molecule has 2 rings (SSSR count). The number of hydrogen-bond acceptors (Lipinski definition) is 3. The summed E-state index contributed by atoms with van der Waals surface area (Å²) in [5.41, 5.74) is 3.77. The van der Waals surface area contributed by atoms with Crippen molar-refractivity contribution in [2.45, 2.75) is 20.4 Å². The third kappa shape index (κ3) is 3.65. The summed E-state index contributed by atoms with van der Waals surface area (Å²) in [6.45, 7) is 4.43. The number of aryl methyl sites for hydroxylation is 2. The number of para-hydroxylation sites is 1. The average molecular weight is 313 g/mol. The van der Waals surface area contributed by atoms with Gasteiger partial charge in [-0.1, -0.05) is 29.8 Å². The number of carbonyl (C=O) groups excluding carboxylic acids is 1. The molecule has 0 fully saturated rings. The lowest BCUT2D eigenvalue weighted by Crippen LogP contribution is -2.27. The van der Waals surface area contributed by atoms with Gasteiger partial charge in [-0.15, -0.1) is 0 Å². The van der Waals surface area contributed by atoms with Gasteiger partial charge in [0.25, 0.3) is 5.91 Å². The van der Waals surface area contributed by atoms with Gasteiger partial charge in [0.15, 0.2) is 11.5 Å². The van der Waals surface area contributed by atoms with Crippen LogP contribution in [-0.4, -0.2) is 32.1 Å². The lowest BCUT2D eigenvalue weighted by Gasteiger charge is -2.21. The highest BCUT2D eigenvalue weighted by molar-refractivity contribution is 5.95. The van der Waals surface area contributed by atoms with Crippen LogP contribution in [0.1, 0.15) is 27.0 Å². The molecular weight excluding hydrogens is 290 g/mol. The van der Waals surface area contributed by atoms with E-state index in [0.717, 1.165) is 22.3 Å². The Morgan fingerprint density at radius 3 is 2.43 bits per heavy atom. The molecular formula is C19H23NO3. The molecule has 0 spiro atoms. The number of carbonyl (C=O) groups is 1. The fraction of sp³-hybridized carbons (Fsp3) is 0.316. The number of benzene rings is 2. The predicted octanol–water partition coefficient (Wildman–Crippen LogP) is 3.59. The van der Waals surface area contributed by atoms with Gasteiger partial charge in [-0.3, -0.25) is 4.79 Å². The summed E-state index contributed by atoms with van der Waals surface area (Å²) in [5, 5.41) is 0. The summed E-state index contributed by atoms with van der Waals surface area (Å²) in [7, 11) is 5.00. The van der Waals surface area contributed by atoms with E-state index in [1.165, 1.54) is 0 Å². The fourth-order valence-electron chi connectivity index (χ4n) is 2.66. The SMILES string of the molecule is COc1cccc(CN(C)C(=O)c2ccc(C)cc2C)c1OC. The van der Waals surface area contributed by atoms with Crippen molar-refractivity contribution in [3.8, 4) is 11.5 Å². The van der Waals surface area contributed by atoms with Crippen molar-refractivity contribution in [2.24, 2.45) is 0 Å². The van der Waals surface area contributed by atoms with Crippen molar-refractivity contribution in [3.63, 3.8) is 0 Å². The summed E-state index contributed by atoms with van der Waals surface area (Å²) < 4.78 is 10.7. The maximum absolute atomic E-state index is 12.7. The molecule has 23 heavy (non-hydrogen) atoms. The highest BCUT2D eigenvalue weighted by Gasteiger charge is 2.17. The van der Waals surface area contributed by atoms with E-state index in [1.54, 1.807) is 26.2 Å². The van der Waals surface area contributed by atoms with Gasteiger partial charge in [-0.25, -0.2) is 0 Å². The van der Waals surface area contributed by atoms with Gasteiger partial charge in [0.05, 0.1) is 14.2 Å². The molecule has 0 atom stereocenters. The van der Waals surface area contributed by atoms with Gasteiger partial charge in [-0.2, -0.15) is 0 Å². The van der Waals surface area contributed by atoms with Crippen molar-refractivity contribution < 1.29 is 14.3 Å². The topological polar surface area (TPSA) is 38.8 Å². The van der Waals surface area contributed by atoms with E-state index in [-0.39, 0.29) is 5.91 Å². The number of methoxy groups -OCH3 is 2. The highest BCUT2D eigenvalue weighted by atomic mass is 16.5. The first kappa shape index (κ1) is 16.9. The van der Waals surface area contributed by atoms with Crippen molar-refractivity contribution in [1.29, 1.82) is 0 Å². The average Bonchev–Trinajstić information content (AvgIpc) is 2.53. The number of amides is 1. The summed E-state index contributed by atoms with van der Waals surface area (Å²) in [6, 6.07) is 11.5. The Hall–Kier alpha value is -2.49. The number of hydrogen-bond donors (Lipinski definition) is 0. The summed E-state index contributed by atoms with van der Waals surface area (Å²) >= 11 is 0. The molecule has 122 valence electrons. The molecule has 0 aliphatic rings. The normalized spacial score (nSPS) is 10.3. The van der Waals surface area contributed by atoms with Crippen molar-refractivity contribution >= 4 is 5.91 Å². The molecule has 0 bridgehead atoms. The molecule has 2 aromatic carbocycles. The predicted molar refractivity (Wildman–Crippen MR) is 91.3 cm³/mol. The zero-order valence-electron chi connectivity index (χ0n) is 14.3. The first-order valence-corrected chi connectivity index (χ1v) is 7.50. The Bertz CT molecular complexity index is 710. The van der Waals surface area contributed by atoms with E-state index in [2.05, 4.69) is 0 Å². The van der Waals surface area contributed by atoms with Crippen molar-refractivity contribution in [1.82, 2.24) is 4.90 Å². The molecule has 0 aliphatic carbocycles. The Morgan fingerprint density at radius 2 is 1.83 bits per heavy atom. The summed E-state index contributed by atoms with van der Waals surface area (Å²) in [4.78, 5) is 14.4. The van der Waals surface area contributed by atoms with Crippen LogP contribution in [0, 0.1) is 13.8 Å². The summed E-state index contributed by atoms with van der Waals surface area (Å²) in [5.74, 6) is 1.32. The Kier molecular flexibility index (Phi) is 5.27. The highest BCUT2D eigenvalue weighted by Crippen LogP contribution is 2.31. The lowest BCUT2D eigenvalue weighted by molar-refractivity contribution is 0.0783. The Balaban J connectivity index is 2.25. The van der Waals surface area contributed by atoms with Gasteiger partial charge in [0, 0.05) is 24.7 Å². The van der Waals surface area contributed by atoms with Gasteiger partial charge >= 0.3 is 0 Å². The molecule has 2 aromatic rings. The molecule has 0 aliphatic heterocycles.